The van der Waals surface area contributed by atoms with E-state index in [1.54, 1.807) is 0 Å². The second-order valence-corrected chi connectivity index (χ2v) is 5.13. The van der Waals surface area contributed by atoms with Crippen LogP contribution in [0, 0.1) is 13.8 Å². The van der Waals surface area contributed by atoms with Gasteiger partial charge in [0.1, 0.15) is 5.75 Å². The second kappa shape index (κ2) is 4.96. The lowest BCUT2D eigenvalue weighted by molar-refractivity contribution is 0.357. The van der Waals surface area contributed by atoms with Crippen LogP contribution in [0.15, 0.2) is 36.4 Å². The van der Waals surface area contributed by atoms with E-state index in [4.69, 9.17) is 4.74 Å². The molecule has 2 aromatic carbocycles. The summed E-state index contributed by atoms with van der Waals surface area (Å²) in [5.74, 6) is 1.04. The summed E-state index contributed by atoms with van der Waals surface area (Å²) < 4.78 is 5.52. The smallest absolute Gasteiger partial charge is 0.122 e. The van der Waals surface area contributed by atoms with Gasteiger partial charge in [-0.25, -0.2) is 0 Å². The zero-order chi connectivity index (χ0) is 13.2. The first-order valence-electron chi connectivity index (χ1n) is 6.79. The molecule has 2 nitrogen and oxygen atoms in total. The fraction of sp³-hybridized carbons (Fsp3) is 0.294. The molecule has 0 unspecified atom stereocenters. The maximum atomic E-state index is 5.52. The zero-order valence-electron chi connectivity index (χ0n) is 11.5. The molecule has 1 aliphatic heterocycles. The molecule has 1 heterocycles. The molecule has 0 bridgehead atoms. The van der Waals surface area contributed by atoms with Gasteiger partial charge in [0.2, 0.25) is 0 Å². The lowest BCUT2D eigenvalue weighted by Gasteiger charge is -2.11. The molecule has 0 radical (unpaired) electrons. The molecule has 0 aromatic heterocycles. The van der Waals surface area contributed by atoms with Crippen molar-refractivity contribution in [1.82, 2.24) is 0 Å². The van der Waals surface area contributed by atoms with Gasteiger partial charge in [-0.05, 0) is 54.3 Å². The number of hydrogen-bond acceptors (Lipinski definition) is 2. The fourth-order valence-electron chi connectivity index (χ4n) is 2.50. The third-order valence-electron chi connectivity index (χ3n) is 3.89. The van der Waals surface area contributed by atoms with Crippen molar-refractivity contribution in [2.75, 3.05) is 11.9 Å². The molecular weight excluding hydrogens is 234 g/mol. The van der Waals surface area contributed by atoms with Crippen molar-refractivity contribution in [2.45, 2.75) is 26.8 Å². The average Bonchev–Trinajstić information content (AvgIpc) is 2.88. The lowest BCUT2D eigenvalue weighted by Crippen LogP contribution is -2.02. The van der Waals surface area contributed by atoms with E-state index < -0.39 is 0 Å². The monoisotopic (exact) mass is 253 g/mol. The van der Waals surface area contributed by atoms with E-state index in [1.807, 2.05) is 0 Å². The largest absolute Gasteiger partial charge is 0.493 e. The second-order valence-electron chi connectivity index (χ2n) is 5.13. The van der Waals surface area contributed by atoms with Crippen LogP contribution in [0.5, 0.6) is 5.75 Å². The number of hydrogen-bond donors (Lipinski definition) is 1. The van der Waals surface area contributed by atoms with Crippen molar-refractivity contribution in [3.05, 3.63) is 58.7 Å². The SMILES string of the molecule is Cc1cccc(CNc2ccc3c(c2)CCO3)c1C. The van der Waals surface area contributed by atoms with E-state index in [-0.39, 0.29) is 0 Å². The van der Waals surface area contributed by atoms with Crippen molar-refractivity contribution in [3.63, 3.8) is 0 Å². The molecule has 2 heteroatoms. The standard InChI is InChI=1S/C17H19NO/c1-12-4-3-5-15(13(12)2)11-18-16-6-7-17-14(10-16)8-9-19-17/h3-7,10,18H,8-9,11H2,1-2H3. The van der Waals surface area contributed by atoms with Crippen molar-refractivity contribution < 1.29 is 4.74 Å². The summed E-state index contributed by atoms with van der Waals surface area (Å²) in [6, 6.07) is 12.8. The summed E-state index contributed by atoms with van der Waals surface area (Å²) in [5, 5.41) is 3.50. The Balaban J connectivity index is 1.74. The zero-order valence-corrected chi connectivity index (χ0v) is 11.5. The van der Waals surface area contributed by atoms with Gasteiger partial charge in [0, 0.05) is 18.7 Å². The highest BCUT2D eigenvalue weighted by molar-refractivity contribution is 5.53. The van der Waals surface area contributed by atoms with Crippen molar-refractivity contribution in [2.24, 2.45) is 0 Å². The lowest BCUT2D eigenvalue weighted by atomic mass is 10.0. The van der Waals surface area contributed by atoms with Crippen LogP contribution in [0.4, 0.5) is 5.69 Å². The first-order chi connectivity index (χ1) is 9.24. The topological polar surface area (TPSA) is 21.3 Å². The molecule has 19 heavy (non-hydrogen) atoms. The van der Waals surface area contributed by atoms with E-state index in [9.17, 15) is 0 Å². The van der Waals surface area contributed by atoms with Crippen molar-refractivity contribution >= 4 is 5.69 Å². The van der Waals surface area contributed by atoms with Crippen molar-refractivity contribution in [1.29, 1.82) is 0 Å². The summed E-state index contributed by atoms with van der Waals surface area (Å²) in [7, 11) is 0. The van der Waals surface area contributed by atoms with Crippen molar-refractivity contribution in [3.8, 4) is 5.75 Å². The van der Waals surface area contributed by atoms with E-state index in [2.05, 4.69) is 55.6 Å². The van der Waals surface area contributed by atoms with Crippen LogP contribution in [0.2, 0.25) is 0 Å². The van der Waals surface area contributed by atoms with Gasteiger partial charge in [0.25, 0.3) is 0 Å². The summed E-state index contributed by atoms with van der Waals surface area (Å²) >= 11 is 0. The van der Waals surface area contributed by atoms with Crippen LogP contribution < -0.4 is 10.1 Å². The minimum absolute atomic E-state index is 0.815. The molecule has 0 fully saturated rings. The van der Waals surface area contributed by atoms with Gasteiger partial charge in [-0.15, -0.1) is 0 Å². The molecule has 2 aromatic rings. The molecule has 98 valence electrons. The highest BCUT2D eigenvalue weighted by Gasteiger charge is 2.11. The predicted molar refractivity (Wildman–Crippen MR) is 78.9 cm³/mol. The van der Waals surface area contributed by atoms with E-state index in [1.165, 1.54) is 27.9 Å². The van der Waals surface area contributed by atoms with Gasteiger partial charge in [0.15, 0.2) is 0 Å². The molecule has 0 saturated carbocycles. The highest BCUT2D eigenvalue weighted by Crippen LogP contribution is 2.28. The molecular formula is C17H19NO. The molecule has 1 aliphatic rings. The molecule has 0 aliphatic carbocycles. The highest BCUT2D eigenvalue weighted by atomic mass is 16.5. The van der Waals surface area contributed by atoms with E-state index in [0.717, 1.165) is 25.3 Å². The third-order valence-corrected chi connectivity index (χ3v) is 3.89. The summed E-state index contributed by atoms with van der Waals surface area (Å²) in [6.45, 7) is 6.03. The molecule has 0 saturated heterocycles. The van der Waals surface area contributed by atoms with Crippen LogP contribution >= 0.6 is 0 Å². The number of anilines is 1. The maximum absolute atomic E-state index is 5.52. The number of nitrogens with one attached hydrogen (secondary N) is 1. The Labute approximate surface area is 114 Å². The minimum Gasteiger partial charge on any atom is -0.493 e. The summed E-state index contributed by atoms with van der Waals surface area (Å²) in [6.07, 6.45) is 1.02. The van der Waals surface area contributed by atoms with Gasteiger partial charge in [-0.1, -0.05) is 18.2 Å². The van der Waals surface area contributed by atoms with E-state index in [0.29, 0.717) is 0 Å². The molecule has 1 N–H and O–H groups in total. The summed E-state index contributed by atoms with van der Waals surface area (Å²) in [5.41, 5.74) is 6.56. The van der Waals surface area contributed by atoms with E-state index >= 15 is 0 Å². The Hall–Kier alpha value is -1.96. The number of fused-ring (bicyclic) bond motifs is 1. The summed E-state index contributed by atoms with van der Waals surface area (Å²) in [4.78, 5) is 0. The van der Waals surface area contributed by atoms with Crippen LogP contribution in [0.1, 0.15) is 22.3 Å². The number of aryl methyl sites for hydroxylation is 1. The average molecular weight is 253 g/mol. The molecule has 0 atom stereocenters. The minimum atomic E-state index is 0.815. The van der Waals surface area contributed by atoms with Crippen LogP contribution in [-0.4, -0.2) is 6.61 Å². The Bertz CT molecular complexity index is 604. The van der Waals surface area contributed by atoms with Gasteiger partial charge in [0.05, 0.1) is 6.61 Å². The van der Waals surface area contributed by atoms with Gasteiger partial charge >= 0.3 is 0 Å². The Morgan fingerprint density at radius 3 is 2.95 bits per heavy atom. The van der Waals surface area contributed by atoms with Crippen LogP contribution in [0.3, 0.4) is 0 Å². The normalized spacial score (nSPS) is 12.9. The molecule has 3 rings (SSSR count). The fourth-order valence-corrected chi connectivity index (χ4v) is 2.50. The number of rotatable bonds is 3. The van der Waals surface area contributed by atoms with Gasteiger partial charge in [-0.2, -0.15) is 0 Å². The number of ether oxygens (including phenoxy) is 1. The van der Waals surface area contributed by atoms with Crippen LogP contribution in [0.25, 0.3) is 0 Å². The predicted octanol–water partition coefficient (Wildman–Crippen LogP) is 3.85. The third kappa shape index (κ3) is 2.43. The maximum Gasteiger partial charge on any atom is 0.122 e. The Morgan fingerprint density at radius 1 is 1.16 bits per heavy atom. The van der Waals surface area contributed by atoms with Gasteiger partial charge in [-0.3, -0.25) is 0 Å². The van der Waals surface area contributed by atoms with Gasteiger partial charge < -0.3 is 10.1 Å². The first kappa shape index (κ1) is 12.1. The molecule has 0 spiro atoms. The number of benzene rings is 2. The Morgan fingerprint density at radius 2 is 2.05 bits per heavy atom. The van der Waals surface area contributed by atoms with Crippen LogP contribution in [-0.2, 0) is 13.0 Å². The Kier molecular flexibility index (Phi) is 3.16. The first-order valence-corrected chi connectivity index (χ1v) is 6.79. The quantitative estimate of drug-likeness (QED) is 0.897. The molecule has 0 amide bonds.